The summed E-state index contributed by atoms with van der Waals surface area (Å²) in [6, 6.07) is 0. The van der Waals surface area contributed by atoms with E-state index < -0.39 is 0 Å². The van der Waals surface area contributed by atoms with Gasteiger partial charge in [-0.3, -0.25) is 14.6 Å². The molecule has 124 valence electrons. The van der Waals surface area contributed by atoms with Crippen LogP contribution in [0.4, 0.5) is 5.69 Å². The fourth-order valence-electron chi connectivity index (χ4n) is 2.36. The van der Waals surface area contributed by atoms with Gasteiger partial charge in [-0.05, 0) is 18.8 Å². The molecule has 0 unspecified atom stereocenters. The second kappa shape index (κ2) is 6.08. The third-order valence-corrected chi connectivity index (χ3v) is 4.68. The van der Waals surface area contributed by atoms with E-state index in [0.29, 0.717) is 23.2 Å². The Balaban J connectivity index is 1.50. The van der Waals surface area contributed by atoms with Gasteiger partial charge in [0.2, 0.25) is 0 Å². The molecule has 1 aliphatic rings. The fraction of sp³-hybridized carbons (Fsp3) is 0.333. The maximum atomic E-state index is 12.4. The van der Waals surface area contributed by atoms with Gasteiger partial charge < -0.3 is 10.1 Å². The van der Waals surface area contributed by atoms with Gasteiger partial charge in [-0.2, -0.15) is 5.10 Å². The maximum absolute atomic E-state index is 12.4. The molecule has 3 heterocycles. The van der Waals surface area contributed by atoms with Crippen molar-refractivity contribution in [1.82, 2.24) is 25.0 Å². The van der Waals surface area contributed by atoms with E-state index in [2.05, 4.69) is 25.6 Å². The Labute approximate surface area is 141 Å². The highest BCUT2D eigenvalue weighted by molar-refractivity contribution is 7.13. The summed E-state index contributed by atoms with van der Waals surface area (Å²) in [6.07, 6.45) is 7.69. The minimum atomic E-state index is -0.287. The molecule has 3 aromatic rings. The number of rotatable bonds is 6. The number of nitrogens with one attached hydrogen (secondary N) is 2. The molecule has 0 saturated heterocycles. The second-order valence-electron chi connectivity index (χ2n) is 5.70. The molecule has 0 atom stereocenters. The first-order valence-electron chi connectivity index (χ1n) is 7.60. The first-order valence-corrected chi connectivity index (χ1v) is 8.48. The molecule has 0 bridgehead atoms. The molecular weight excluding hydrogens is 328 g/mol. The fourth-order valence-corrected chi connectivity index (χ4v) is 3.15. The van der Waals surface area contributed by atoms with E-state index in [0.717, 1.165) is 17.1 Å². The number of hydrogen-bond donors (Lipinski definition) is 2. The van der Waals surface area contributed by atoms with Gasteiger partial charge in [0, 0.05) is 23.7 Å². The Kier molecular flexibility index (Phi) is 3.77. The van der Waals surface area contributed by atoms with Crippen LogP contribution in [-0.2, 0) is 6.54 Å². The predicted molar refractivity (Wildman–Crippen MR) is 89.2 cm³/mol. The Morgan fingerprint density at radius 1 is 1.54 bits per heavy atom. The number of hydrogen-bond acceptors (Lipinski definition) is 6. The molecule has 3 aromatic heterocycles. The topological polar surface area (TPSA) is 97.7 Å². The minimum Gasteiger partial charge on any atom is -0.478 e. The molecule has 2 N–H and O–H groups in total. The number of ether oxygens (including phenoxy) is 1. The van der Waals surface area contributed by atoms with Crippen LogP contribution in [0, 0.1) is 5.92 Å². The van der Waals surface area contributed by atoms with E-state index in [-0.39, 0.29) is 5.91 Å². The van der Waals surface area contributed by atoms with Crippen LogP contribution < -0.4 is 10.1 Å². The highest BCUT2D eigenvalue weighted by Crippen LogP contribution is 2.32. The van der Waals surface area contributed by atoms with Crippen molar-refractivity contribution in [3.8, 4) is 16.5 Å². The van der Waals surface area contributed by atoms with E-state index in [1.54, 1.807) is 31.1 Å². The number of carbonyl (C=O) groups excluding carboxylic acids is 1. The van der Waals surface area contributed by atoms with Crippen molar-refractivity contribution >= 4 is 22.9 Å². The van der Waals surface area contributed by atoms with Gasteiger partial charge in [-0.25, -0.2) is 4.98 Å². The summed E-state index contributed by atoms with van der Waals surface area (Å²) in [7, 11) is 1.54. The Bertz CT molecular complexity index is 849. The standard InChI is InChI=1S/C15H16N6O2S/c1-23-14-11(7-21(20-14)6-9-2-3-9)18-13(22)12-8-24-15(19-12)10-4-16-17-5-10/h4-5,7-9H,2-3,6H2,1H3,(H,16,17)(H,18,22). The molecule has 1 fully saturated rings. The Morgan fingerprint density at radius 3 is 3.12 bits per heavy atom. The lowest BCUT2D eigenvalue weighted by Gasteiger charge is -2.01. The normalized spacial score (nSPS) is 13.9. The molecule has 1 amide bonds. The number of methoxy groups -OCH3 is 1. The van der Waals surface area contributed by atoms with E-state index >= 15 is 0 Å². The summed E-state index contributed by atoms with van der Waals surface area (Å²) >= 11 is 1.39. The zero-order chi connectivity index (χ0) is 16.5. The molecule has 4 rings (SSSR count). The van der Waals surface area contributed by atoms with E-state index in [1.807, 2.05) is 4.68 Å². The van der Waals surface area contributed by atoms with Crippen LogP contribution in [0.5, 0.6) is 5.88 Å². The highest BCUT2D eigenvalue weighted by Gasteiger charge is 2.23. The van der Waals surface area contributed by atoms with Crippen LogP contribution in [0.15, 0.2) is 24.0 Å². The summed E-state index contributed by atoms with van der Waals surface area (Å²) in [4.78, 5) is 16.8. The summed E-state index contributed by atoms with van der Waals surface area (Å²) in [5.41, 5.74) is 1.77. The smallest absolute Gasteiger partial charge is 0.275 e. The van der Waals surface area contributed by atoms with Crippen LogP contribution in [0.2, 0.25) is 0 Å². The van der Waals surface area contributed by atoms with E-state index in [9.17, 15) is 4.79 Å². The van der Waals surface area contributed by atoms with Crippen molar-refractivity contribution in [3.05, 3.63) is 29.7 Å². The number of H-pyrrole nitrogens is 1. The van der Waals surface area contributed by atoms with Crippen molar-refractivity contribution in [2.24, 2.45) is 5.92 Å². The number of carbonyl (C=O) groups is 1. The van der Waals surface area contributed by atoms with Crippen LogP contribution in [-0.4, -0.2) is 38.0 Å². The number of aromatic nitrogens is 5. The minimum absolute atomic E-state index is 0.287. The van der Waals surface area contributed by atoms with Crippen LogP contribution in [0.3, 0.4) is 0 Å². The number of nitrogens with zero attached hydrogens (tertiary/aromatic N) is 4. The number of thiazole rings is 1. The van der Waals surface area contributed by atoms with Crippen molar-refractivity contribution in [1.29, 1.82) is 0 Å². The number of aromatic amines is 1. The number of anilines is 1. The number of amides is 1. The summed E-state index contributed by atoms with van der Waals surface area (Å²) in [5, 5.41) is 16.3. The summed E-state index contributed by atoms with van der Waals surface area (Å²) in [5.74, 6) is 0.814. The molecule has 1 saturated carbocycles. The van der Waals surface area contributed by atoms with Crippen molar-refractivity contribution < 1.29 is 9.53 Å². The first kappa shape index (κ1) is 14.9. The molecular formula is C15H16N6O2S. The average Bonchev–Trinajstić information content (AvgIpc) is 3.02. The lowest BCUT2D eigenvalue weighted by molar-refractivity contribution is 0.102. The molecule has 0 aromatic carbocycles. The monoisotopic (exact) mass is 344 g/mol. The first-order chi connectivity index (χ1) is 11.7. The molecule has 8 nitrogen and oxygen atoms in total. The Hall–Kier alpha value is -2.68. The molecule has 9 heteroatoms. The van der Waals surface area contributed by atoms with Gasteiger partial charge in [-0.1, -0.05) is 0 Å². The lowest BCUT2D eigenvalue weighted by atomic mass is 10.4. The van der Waals surface area contributed by atoms with E-state index in [4.69, 9.17) is 4.74 Å². The average molecular weight is 344 g/mol. The van der Waals surface area contributed by atoms with Crippen LogP contribution >= 0.6 is 11.3 Å². The molecule has 0 aliphatic heterocycles. The van der Waals surface area contributed by atoms with Crippen molar-refractivity contribution in [2.45, 2.75) is 19.4 Å². The summed E-state index contributed by atoms with van der Waals surface area (Å²) < 4.78 is 7.08. The molecule has 0 spiro atoms. The quantitative estimate of drug-likeness (QED) is 0.715. The van der Waals surface area contributed by atoms with Gasteiger partial charge in [0.1, 0.15) is 16.4 Å². The van der Waals surface area contributed by atoms with Gasteiger partial charge >= 0.3 is 0 Å². The van der Waals surface area contributed by atoms with Crippen LogP contribution in [0.25, 0.3) is 10.6 Å². The second-order valence-corrected chi connectivity index (χ2v) is 6.55. The zero-order valence-electron chi connectivity index (χ0n) is 13.0. The van der Waals surface area contributed by atoms with Gasteiger partial charge in [-0.15, -0.1) is 16.4 Å². The van der Waals surface area contributed by atoms with Gasteiger partial charge in [0.25, 0.3) is 11.8 Å². The predicted octanol–water partition coefficient (Wildman–Crippen LogP) is 2.40. The largest absolute Gasteiger partial charge is 0.478 e. The third kappa shape index (κ3) is 3.02. The van der Waals surface area contributed by atoms with Gasteiger partial charge in [0.15, 0.2) is 0 Å². The van der Waals surface area contributed by atoms with Crippen molar-refractivity contribution in [2.75, 3.05) is 12.4 Å². The van der Waals surface area contributed by atoms with Crippen molar-refractivity contribution in [3.63, 3.8) is 0 Å². The molecule has 1 aliphatic carbocycles. The zero-order valence-corrected chi connectivity index (χ0v) is 13.8. The highest BCUT2D eigenvalue weighted by atomic mass is 32.1. The lowest BCUT2D eigenvalue weighted by Crippen LogP contribution is -2.12. The molecule has 0 radical (unpaired) electrons. The van der Waals surface area contributed by atoms with Gasteiger partial charge in [0.05, 0.1) is 19.5 Å². The maximum Gasteiger partial charge on any atom is 0.275 e. The third-order valence-electron chi connectivity index (χ3n) is 3.79. The Morgan fingerprint density at radius 2 is 2.42 bits per heavy atom. The van der Waals surface area contributed by atoms with Crippen LogP contribution in [0.1, 0.15) is 23.3 Å². The van der Waals surface area contributed by atoms with E-state index in [1.165, 1.54) is 24.2 Å². The SMILES string of the molecule is COc1nn(CC2CC2)cc1NC(=O)c1csc(-c2cn[nH]c2)n1. The molecule has 24 heavy (non-hydrogen) atoms. The summed E-state index contributed by atoms with van der Waals surface area (Å²) in [6.45, 7) is 0.855.